The minimum atomic E-state index is -0.671. The molecule has 2 aromatic carbocycles. The predicted molar refractivity (Wildman–Crippen MR) is 158 cm³/mol. The third-order valence-electron chi connectivity index (χ3n) is 7.94. The highest BCUT2D eigenvalue weighted by molar-refractivity contribution is 6.11. The molecule has 2 fully saturated rings. The van der Waals surface area contributed by atoms with Crippen LogP contribution in [0.2, 0.25) is 0 Å². The Hall–Kier alpha value is -3.85. The van der Waals surface area contributed by atoms with E-state index in [4.69, 9.17) is 18.9 Å². The second kappa shape index (κ2) is 11.8. The molecule has 9 heteroatoms. The van der Waals surface area contributed by atoms with Gasteiger partial charge >= 0.3 is 12.1 Å². The van der Waals surface area contributed by atoms with Crippen LogP contribution in [0.15, 0.2) is 42.6 Å². The van der Waals surface area contributed by atoms with Crippen molar-refractivity contribution in [1.29, 1.82) is 0 Å². The lowest BCUT2D eigenvalue weighted by Crippen LogP contribution is -2.43. The number of carbonyl (C=O) groups excluding carboxylic acids is 3. The van der Waals surface area contributed by atoms with E-state index in [1.165, 1.54) is 24.5 Å². The van der Waals surface area contributed by atoms with E-state index in [0.717, 1.165) is 17.7 Å². The average Bonchev–Trinajstić information content (AvgIpc) is 3.69. The number of esters is 1. The number of aromatic nitrogens is 1. The fraction of sp³-hybridized carbons (Fsp3) is 0.485. The summed E-state index contributed by atoms with van der Waals surface area (Å²) in [7, 11) is 2.90. The van der Waals surface area contributed by atoms with E-state index in [1.54, 1.807) is 37.6 Å². The standard InChI is InChI=1S/C33H40N2O7/c1-20-17-27(39-5)28(25-14-16-35(29(20)25)32(38)42-33(2,3)4)30(36)34-15-13-24(41-19-21-7-8-21)18-26(34)22-9-11-23(12-10-22)31(37)40-6/h9-12,14,16-17,21,24,26H,7-8,13,15,18-19H2,1-6H3/t24-,26-/m0/s1. The Morgan fingerprint density at radius 1 is 1.00 bits per heavy atom. The second-order valence-corrected chi connectivity index (χ2v) is 12.3. The number of benzene rings is 2. The molecule has 5 rings (SSSR count). The van der Waals surface area contributed by atoms with Crippen molar-refractivity contribution in [3.63, 3.8) is 0 Å². The molecule has 2 heterocycles. The van der Waals surface area contributed by atoms with E-state index in [0.29, 0.717) is 53.1 Å². The summed E-state index contributed by atoms with van der Waals surface area (Å²) in [5.74, 6) is 0.479. The minimum Gasteiger partial charge on any atom is -0.496 e. The first-order valence-corrected chi connectivity index (χ1v) is 14.5. The van der Waals surface area contributed by atoms with Crippen LogP contribution in [0.5, 0.6) is 5.75 Å². The lowest BCUT2D eigenvalue weighted by Gasteiger charge is -2.40. The zero-order valence-electron chi connectivity index (χ0n) is 25.3. The van der Waals surface area contributed by atoms with Crippen molar-refractivity contribution in [2.75, 3.05) is 27.4 Å². The summed E-state index contributed by atoms with van der Waals surface area (Å²) in [6, 6.07) is 10.5. The van der Waals surface area contributed by atoms with E-state index >= 15 is 0 Å². The van der Waals surface area contributed by atoms with E-state index < -0.39 is 17.7 Å². The SMILES string of the molecule is COC(=O)c1ccc([C@@H]2C[C@@H](OCC3CC3)CCN2C(=O)c2c(OC)cc(C)c3c2ccn3C(=O)OC(C)(C)C)cc1. The van der Waals surface area contributed by atoms with E-state index in [2.05, 4.69) is 0 Å². The maximum atomic E-state index is 14.5. The van der Waals surface area contributed by atoms with Crippen LogP contribution in [0.1, 0.15) is 84.3 Å². The lowest BCUT2D eigenvalue weighted by atomic mass is 9.91. The second-order valence-electron chi connectivity index (χ2n) is 12.3. The van der Waals surface area contributed by atoms with Crippen LogP contribution in [0.3, 0.4) is 0 Å². The van der Waals surface area contributed by atoms with Gasteiger partial charge in [0.2, 0.25) is 0 Å². The van der Waals surface area contributed by atoms with Crippen molar-refractivity contribution < 1.29 is 33.3 Å². The Labute approximate surface area is 246 Å². The summed E-state index contributed by atoms with van der Waals surface area (Å²) in [5.41, 5.74) is 2.47. The van der Waals surface area contributed by atoms with Crippen LogP contribution < -0.4 is 4.74 Å². The monoisotopic (exact) mass is 576 g/mol. The van der Waals surface area contributed by atoms with Crippen molar-refractivity contribution in [2.45, 2.75) is 71.1 Å². The van der Waals surface area contributed by atoms with Gasteiger partial charge in [0.15, 0.2) is 0 Å². The zero-order valence-corrected chi connectivity index (χ0v) is 25.3. The number of ether oxygens (including phenoxy) is 4. The molecule has 42 heavy (non-hydrogen) atoms. The van der Waals surface area contributed by atoms with E-state index in [9.17, 15) is 14.4 Å². The fourth-order valence-electron chi connectivity index (χ4n) is 5.65. The number of amides is 1. The third kappa shape index (κ3) is 6.16. The van der Waals surface area contributed by atoms with Crippen molar-refractivity contribution in [3.8, 4) is 5.75 Å². The van der Waals surface area contributed by atoms with Crippen molar-refractivity contribution >= 4 is 28.9 Å². The number of methoxy groups -OCH3 is 2. The zero-order chi connectivity index (χ0) is 30.2. The molecule has 1 saturated carbocycles. The molecule has 9 nitrogen and oxygen atoms in total. The molecule has 1 aliphatic carbocycles. The van der Waals surface area contributed by atoms with Crippen LogP contribution in [0, 0.1) is 12.8 Å². The Bertz CT molecular complexity index is 1480. The first-order valence-electron chi connectivity index (χ1n) is 14.5. The van der Waals surface area contributed by atoms with Gasteiger partial charge in [0.05, 0.1) is 43.0 Å². The smallest absolute Gasteiger partial charge is 0.419 e. The number of aryl methyl sites for hydroxylation is 1. The molecule has 1 saturated heterocycles. The molecule has 2 aliphatic rings. The van der Waals surface area contributed by atoms with Gasteiger partial charge in [0.25, 0.3) is 5.91 Å². The Morgan fingerprint density at radius 2 is 1.71 bits per heavy atom. The summed E-state index contributed by atoms with van der Waals surface area (Å²) >= 11 is 0. The Balaban J connectivity index is 1.53. The first kappa shape index (κ1) is 29.6. The number of piperidine rings is 1. The molecule has 0 radical (unpaired) electrons. The number of hydrogen-bond acceptors (Lipinski definition) is 7. The topological polar surface area (TPSA) is 96.3 Å². The summed E-state index contributed by atoms with van der Waals surface area (Å²) in [4.78, 5) is 41.5. The summed E-state index contributed by atoms with van der Waals surface area (Å²) < 4.78 is 24.0. The van der Waals surface area contributed by atoms with Gasteiger partial charge in [-0.1, -0.05) is 12.1 Å². The molecular formula is C33H40N2O7. The molecule has 1 aromatic heterocycles. The van der Waals surface area contributed by atoms with Gasteiger partial charge in [0, 0.05) is 24.7 Å². The molecule has 0 unspecified atom stereocenters. The quantitative estimate of drug-likeness (QED) is 0.305. The van der Waals surface area contributed by atoms with Gasteiger partial charge in [-0.05, 0) is 94.7 Å². The summed E-state index contributed by atoms with van der Waals surface area (Å²) in [5, 5.41) is 0.620. The van der Waals surface area contributed by atoms with Crippen molar-refractivity contribution in [2.24, 2.45) is 5.92 Å². The van der Waals surface area contributed by atoms with Crippen LogP contribution in [0.4, 0.5) is 4.79 Å². The largest absolute Gasteiger partial charge is 0.496 e. The fourth-order valence-corrected chi connectivity index (χ4v) is 5.65. The number of nitrogens with zero attached hydrogens (tertiary/aromatic N) is 2. The number of fused-ring (bicyclic) bond motifs is 1. The van der Waals surface area contributed by atoms with Gasteiger partial charge in [-0.3, -0.25) is 9.36 Å². The molecule has 1 amide bonds. The van der Waals surface area contributed by atoms with Gasteiger partial charge in [-0.15, -0.1) is 0 Å². The van der Waals surface area contributed by atoms with E-state index in [-0.39, 0.29) is 18.1 Å². The van der Waals surface area contributed by atoms with E-state index in [1.807, 2.05) is 44.7 Å². The highest BCUT2D eigenvalue weighted by Crippen LogP contribution is 2.39. The van der Waals surface area contributed by atoms with Gasteiger partial charge < -0.3 is 23.8 Å². The normalized spacial score (nSPS) is 19.0. The summed E-state index contributed by atoms with van der Waals surface area (Å²) in [6.45, 7) is 8.57. The van der Waals surface area contributed by atoms with Crippen molar-refractivity contribution in [3.05, 3.63) is 64.8 Å². The number of rotatable bonds is 7. The molecular weight excluding hydrogens is 536 g/mol. The molecule has 0 spiro atoms. The average molecular weight is 577 g/mol. The highest BCUT2D eigenvalue weighted by Gasteiger charge is 2.37. The molecule has 0 bridgehead atoms. The molecule has 2 atom stereocenters. The Morgan fingerprint density at radius 3 is 2.33 bits per heavy atom. The molecule has 3 aromatic rings. The number of likely N-dealkylation sites (tertiary alicyclic amines) is 1. The maximum absolute atomic E-state index is 14.5. The first-order chi connectivity index (χ1) is 20.0. The van der Waals surface area contributed by atoms with Crippen LogP contribution in [-0.4, -0.2) is 66.5 Å². The molecule has 1 aliphatic heterocycles. The van der Waals surface area contributed by atoms with Crippen LogP contribution >= 0.6 is 0 Å². The molecule has 224 valence electrons. The number of carbonyl (C=O) groups is 3. The Kier molecular flexibility index (Phi) is 8.32. The third-order valence-corrected chi connectivity index (χ3v) is 7.94. The lowest BCUT2D eigenvalue weighted by molar-refractivity contribution is -0.0154. The van der Waals surface area contributed by atoms with Crippen LogP contribution in [0.25, 0.3) is 10.9 Å². The molecule has 0 N–H and O–H groups in total. The minimum absolute atomic E-state index is 0.0214. The highest BCUT2D eigenvalue weighted by atomic mass is 16.6. The van der Waals surface area contributed by atoms with Gasteiger partial charge in [0.1, 0.15) is 11.4 Å². The van der Waals surface area contributed by atoms with Gasteiger partial charge in [-0.2, -0.15) is 0 Å². The van der Waals surface area contributed by atoms with Crippen molar-refractivity contribution in [1.82, 2.24) is 9.47 Å². The summed E-state index contributed by atoms with van der Waals surface area (Å²) in [6.07, 6.45) is 4.92. The maximum Gasteiger partial charge on any atom is 0.419 e. The van der Waals surface area contributed by atoms with Crippen LogP contribution in [-0.2, 0) is 14.2 Å². The number of hydrogen-bond donors (Lipinski definition) is 0. The van der Waals surface area contributed by atoms with Gasteiger partial charge in [-0.25, -0.2) is 9.59 Å². The predicted octanol–water partition coefficient (Wildman–Crippen LogP) is 6.30.